The van der Waals surface area contributed by atoms with E-state index in [1.807, 2.05) is 25.7 Å². The summed E-state index contributed by atoms with van der Waals surface area (Å²) in [5.41, 5.74) is 1.82. The van der Waals surface area contributed by atoms with Gasteiger partial charge < -0.3 is 23.5 Å². The van der Waals surface area contributed by atoms with Gasteiger partial charge in [-0.25, -0.2) is 4.79 Å². The van der Waals surface area contributed by atoms with Crippen molar-refractivity contribution in [2.75, 3.05) is 13.2 Å². The van der Waals surface area contributed by atoms with Crippen LogP contribution >= 0.6 is 0 Å². The Morgan fingerprint density at radius 3 is 2.29 bits per heavy atom. The monoisotopic (exact) mass is 505 g/mol. The molecule has 2 aliphatic rings. The molecule has 7 heteroatoms. The van der Waals surface area contributed by atoms with Crippen LogP contribution in [-0.2, 0) is 31.7 Å². The summed E-state index contributed by atoms with van der Waals surface area (Å²) in [5.74, 6) is 0. The Morgan fingerprint density at radius 1 is 1.06 bits per heavy atom. The van der Waals surface area contributed by atoms with Crippen LogP contribution < -0.4 is 0 Å². The molecule has 0 saturated carbocycles. The lowest BCUT2D eigenvalue weighted by molar-refractivity contribution is -0.168. The van der Waals surface area contributed by atoms with Crippen molar-refractivity contribution in [3.05, 3.63) is 35.4 Å². The molecule has 2 aliphatic heterocycles. The predicted octanol–water partition coefficient (Wildman–Crippen LogP) is 6.67. The molecule has 0 aliphatic carbocycles. The number of rotatable bonds is 7. The fourth-order valence-electron chi connectivity index (χ4n) is 4.37. The summed E-state index contributed by atoms with van der Waals surface area (Å²) >= 11 is 0. The molecule has 0 spiro atoms. The minimum Gasteiger partial charge on any atom is -0.444 e. The first-order chi connectivity index (χ1) is 16.2. The maximum absolute atomic E-state index is 13.1. The van der Waals surface area contributed by atoms with Gasteiger partial charge in [-0.1, -0.05) is 45.0 Å². The topological polar surface area (TPSA) is 57.2 Å². The van der Waals surface area contributed by atoms with E-state index in [-0.39, 0.29) is 29.6 Å². The summed E-state index contributed by atoms with van der Waals surface area (Å²) in [6.45, 7) is 19.0. The number of benzene rings is 1. The van der Waals surface area contributed by atoms with E-state index in [1.165, 1.54) is 12.0 Å². The highest BCUT2D eigenvalue weighted by Crippen LogP contribution is 2.39. The molecule has 0 bridgehead atoms. The Balaban J connectivity index is 1.65. The van der Waals surface area contributed by atoms with E-state index in [1.54, 1.807) is 0 Å². The predicted molar refractivity (Wildman–Crippen MR) is 142 cm³/mol. The summed E-state index contributed by atoms with van der Waals surface area (Å²) in [6.07, 6.45) is 4.58. The summed E-state index contributed by atoms with van der Waals surface area (Å²) in [7, 11) is -1.94. The van der Waals surface area contributed by atoms with Crippen LogP contribution in [0.1, 0.15) is 78.4 Å². The molecule has 3 rings (SSSR count). The molecule has 2 saturated heterocycles. The van der Waals surface area contributed by atoms with Gasteiger partial charge in [0.25, 0.3) is 0 Å². The Hall–Kier alpha value is -1.41. The van der Waals surface area contributed by atoms with E-state index in [2.05, 4.69) is 58.1 Å². The van der Waals surface area contributed by atoms with Gasteiger partial charge in [0.05, 0.1) is 12.7 Å². The minimum atomic E-state index is -1.94. The van der Waals surface area contributed by atoms with Crippen molar-refractivity contribution >= 4 is 14.4 Å². The van der Waals surface area contributed by atoms with Crippen LogP contribution in [0, 0.1) is 0 Å². The highest BCUT2D eigenvalue weighted by molar-refractivity contribution is 6.74. The molecule has 0 N–H and O–H groups in total. The van der Waals surface area contributed by atoms with E-state index in [4.69, 9.17) is 18.6 Å². The number of hydrogen-bond acceptors (Lipinski definition) is 5. The number of hydrogen-bond donors (Lipinski definition) is 0. The molecule has 2 heterocycles. The van der Waals surface area contributed by atoms with Gasteiger partial charge in [-0.15, -0.1) is 0 Å². The van der Waals surface area contributed by atoms with Gasteiger partial charge >= 0.3 is 6.09 Å². The van der Waals surface area contributed by atoms with Crippen LogP contribution in [0.5, 0.6) is 0 Å². The summed E-state index contributed by atoms with van der Waals surface area (Å²) in [6, 6.07) is 8.59. The van der Waals surface area contributed by atoms with Crippen molar-refractivity contribution in [1.29, 1.82) is 0 Å². The van der Waals surface area contributed by atoms with Crippen molar-refractivity contribution in [2.45, 2.75) is 122 Å². The average molecular weight is 506 g/mol. The Morgan fingerprint density at radius 2 is 1.71 bits per heavy atom. The standard InChI is InChI=1S/C28H47NO5Si/c1-27(2,3)33-26(30)29-19-24(34-35(7,8)28(4,5)6)18-23(29)17-21-12-14-22(15-13-21)20-32-25-11-9-10-16-31-25/h12-15,23-25H,9-11,16-20H2,1-8H3/t23-,24-,25?/m1/s1. The highest BCUT2D eigenvalue weighted by Gasteiger charge is 2.44. The molecule has 2 fully saturated rings. The third kappa shape index (κ3) is 8.31. The molecule has 1 aromatic rings. The summed E-state index contributed by atoms with van der Waals surface area (Å²) in [4.78, 5) is 15.0. The lowest BCUT2D eigenvalue weighted by Gasteiger charge is -2.38. The van der Waals surface area contributed by atoms with Crippen LogP contribution in [-0.4, -0.2) is 56.5 Å². The van der Waals surface area contributed by atoms with Gasteiger partial charge in [0.15, 0.2) is 14.6 Å². The zero-order chi connectivity index (χ0) is 25.9. The molecule has 3 atom stereocenters. The van der Waals surface area contributed by atoms with Crippen LogP contribution in [0.3, 0.4) is 0 Å². The first-order valence-electron chi connectivity index (χ1n) is 13.2. The van der Waals surface area contributed by atoms with Crippen molar-refractivity contribution in [1.82, 2.24) is 4.90 Å². The molecular weight excluding hydrogens is 458 g/mol. The molecular formula is C28H47NO5Si. The Kier molecular flexibility index (Phi) is 9.11. The molecule has 198 valence electrons. The summed E-state index contributed by atoms with van der Waals surface area (Å²) < 4.78 is 24.1. The van der Waals surface area contributed by atoms with E-state index < -0.39 is 13.9 Å². The zero-order valence-electron chi connectivity index (χ0n) is 23.2. The van der Waals surface area contributed by atoms with Crippen LogP contribution in [0.15, 0.2) is 24.3 Å². The van der Waals surface area contributed by atoms with Crippen LogP contribution in [0.2, 0.25) is 18.1 Å². The van der Waals surface area contributed by atoms with Gasteiger partial charge in [0, 0.05) is 19.2 Å². The van der Waals surface area contributed by atoms with E-state index >= 15 is 0 Å². The van der Waals surface area contributed by atoms with Crippen LogP contribution in [0.4, 0.5) is 4.79 Å². The van der Waals surface area contributed by atoms with Gasteiger partial charge in [0.1, 0.15) is 5.60 Å². The van der Waals surface area contributed by atoms with Crippen LogP contribution in [0.25, 0.3) is 0 Å². The smallest absolute Gasteiger partial charge is 0.410 e. The van der Waals surface area contributed by atoms with Crippen molar-refractivity contribution < 1.29 is 23.4 Å². The third-order valence-electron chi connectivity index (χ3n) is 7.34. The molecule has 35 heavy (non-hydrogen) atoms. The van der Waals surface area contributed by atoms with Gasteiger partial charge in [-0.05, 0) is 82.1 Å². The lowest BCUT2D eigenvalue weighted by Crippen LogP contribution is -2.45. The maximum Gasteiger partial charge on any atom is 0.410 e. The fraction of sp³-hybridized carbons (Fsp3) is 0.750. The second-order valence-electron chi connectivity index (χ2n) is 12.7. The maximum atomic E-state index is 13.1. The average Bonchev–Trinajstić information content (AvgIpc) is 3.13. The third-order valence-corrected chi connectivity index (χ3v) is 11.9. The minimum absolute atomic E-state index is 0.0385. The quantitative estimate of drug-likeness (QED) is 0.387. The number of likely N-dealkylation sites (tertiary alicyclic amines) is 1. The van der Waals surface area contributed by atoms with Gasteiger partial charge in [-0.2, -0.15) is 0 Å². The molecule has 6 nitrogen and oxygen atoms in total. The summed E-state index contributed by atoms with van der Waals surface area (Å²) in [5, 5.41) is 0.127. The number of ether oxygens (including phenoxy) is 3. The number of carbonyl (C=O) groups is 1. The van der Waals surface area contributed by atoms with Crippen molar-refractivity contribution in [3.8, 4) is 0 Å². The number of carbonyl (C=O) groups excluding carboxylic acids is 1. The first-order valence-corrected chi connectivity index (χ1v) is 16.1. The van der Waals surface area contributed by atoms with Gasteiger partial charge in [0.2, 0.25) is 0 Å². The second kappa shape index (κ2) is 11.3. The fourth-order valence-corrected chi connectivity index (χ4v) is 5.72. The SMILES string of the molecule is CC(C)(C)OC(=O)N1C[C@H](O[Si](C)(C)C(C)(C)C)C[C@H]1Cc1ccc(COC2CCCCO2)cc1. The Labute approximate surface area is 213 Å². The zero-order valence-corrected chi connectivity index (χ0v) is 24.2. The molecule has 0 radical (unpaired) electrons. The highest BCUT2D eigenvalue weighted by atomic mass is 28.4. The molecule has 0 aromatic heterocycles. The molecule has 1 amide bonds. The largest absolute Gasteiger partial charge is 0.444 e. The Bertz CT molecular complexity index is 821. The van der Waals surface area contributed by atoms with E-state index in [9.17, 15) is 4.79 Å². The first kappa shape index (κ1) is 28.2. The molecule has 1 unspecified atom stereocenters. The normalized spacial score (nSPS) is 24.0. The lowest BCUT2D eigenvalue weighted by atomic mass is 10.0. The number of nitrogens with zero attached hydrogens (tertiary/aromatic N) is 1. The number of amides is 1. The van der Waals surface area contributed by atoms with Crippen molar-refractivity contribution in [2.24, 2.45) is 0 Å². The van der Waals surface area contributed by atoms with Gasteiger partial charge in [-0.3, -0.25) is 0 Å². The van der Waals surface area contributed by atoms with E-state index in [0.717, 1.165) is 37.9 Å². The molecule has 1 aromatic carbocycles. The van der Waals surface area contributed by atoms with E-state index in [0.29, 0.717) is 13.2 Å². The van der Waals surface area contributed by atoms with Crippen molar-refractivity contribution in [3.63, 3.8) is 0 Å². The second-order valence-corrected chi connectivity index (χ2v) is 17.4.